The van der Waals surface area contributed by atoms with E-state index in [0.29, 0.717) is 16.0 Å². The van der Waals surface area contributed by atoms with Gasteiger partial charge in [-0.1, -0.05) is 19.1 Å². The first-order valence-electron chi connectivity index (χ1n) is 5.57. The second kappa shape index (κ2) is 4.96. The molecule has 0 aliphatic carbocycles. The molecule has 2 N–H and O–H groups in total. The molecule has 1 aromatic heterocycles. The predicted molar refractivity (Wildman–Crippen MR) is 74.2 cm³/mol. The number of nitrogens with two attached hydrogens (primary N) is 1. The van der Waals surface area contributed by atoms with E-state index in [-0.39, 0.29) is 11.6 Å². The Bertz CT molecular complexity index is 638. The lowest BCUT2D eigenvalue weighted by molar-refractivity contribution is -0.385. The van der Waals surface area contributed by atoms with Crippen LogP contribution in [0, 0.1) is 10.1 Å². The fourth-order valence-electron chi connectivity index (χ4n) is 1.80. The average Bonchev–Trinajstić information content (AvgIpc) is 2.71. The molecule has 0 bridgehead atoms. The molecular formula is C11H12BrN5O2. The van der Waals surface area contributed by atoms with E-state index in [1.807, 2.05) is 13.8 Å². The summed E-state index contributed by atoms with van der Waals surface area (Å²) in [5.74, 6) is 0.443. The molecule has 0 aliphatic rings. The molecule has 0 amide bonds. The highest BCUT2D eigenvalue weighted by Gasteiger charge is 2.18. The number of nitrogen functional groups attached to an aromatic ring is 1. The maximum Gasteiger partial charge on any atom is 0.285 e. The van der Waals surface area contributed by atoms with Crippen LogP contribution in [0.25, 0.3) is 5.69 Å². The minimum atomic E-state index is -0.455. The van der Waals surface area contributed by atoms with Crippen LogP contribution in [0.4, 0.5) is 11.5 Å². The molecule has 19 heavy (non-hydrogen) atoms. The molecular weight excluding hydrogens is 314 g/mol. The summed E-state index contributed by atoms with van der Waals surface area (Å²) in [4.78, 5) is 10.5. The van der Waals surface area contributed by atoms with Crippen molar-refractivity contribution in [1.82, 2.24) is 15.0 Å². The third kappa shape index (κ3) is 2.43. The minimum absolute atomic E-state index is 0.0266. The second-order valence-corrected chi connectivity index (χ2v) is 5.17. The molecule has 8 heteroatoms. The fourth-order valence-corrected chi connectivity index (χ4v) is 2.20. The van der Waals surface area contributed by atoms with Crippen molar-refractivity contribution in [3.05, 3.63) is 38.5 Å². The SMILES string of the molecule is CC(C)c1c(N)nnn1-c1ccc(Br)c([N+](=O)[O-])c1. The van der Waals surface area contributed by atoms with Gasteiger partial charge in [0.25, 0.3) is 5.69 Å². The lowest BCUT2D eigenvalue weighted by Crippen LogP contribution is -2.06. The van der Waals surface area contributed by atoms with Gasteiger partial charge in [-0.2, -0.15) is 0 Å². The van der Waals surface area contributed by atoms with E-state index in [2.05, 4.69) is 26.2 Å². The Hall–Kier alpha value is -1.96. The molecule has 0 saturated carbocycles. The molecule has 1 aromatic carbocycles. The Labute approximate surface area is 117 Å². The van der Waals surface area contributed by atoms with Crippen LogP contribution in [0.3, 0.4) is 0 Å². The highest BCUT2D eigenvalue weighted by molar-refractivity contribution is 9.10. The Balaban J connectivity index is 2.60. The third-order valence-electron chi connectivity index (χ3n) is 2.65. The zero-order valence-electron chi connectivity index (χ0n) is 10.4. The number of aromatic nitrogens is 3. The summed E-state index contributed by atoms with van der Waals surface area (Å²) >= 11 is 3.14. The van der Waals surface area contributed by atoms with Gasteiger partial charge in [-0.25, -0.2) is 4.68 Å². The third-order valence-corrected chi connectivity index (χ3v) is 3.32. The van der Waals surface area contributed by atoms with Gasteiger partial charge < -0.3 is 5.73 Å². The summed E-state index contributed by atoms with van der Waals surface area (Å²) < 4.78 is 1.94. The Morgan fingerprint density at radius 1 is 1.47 bits per heavy atom. The fraction of sp³-hybridized carbons (Fsp3) is 0.273. The summed E-state index contributed by atoms with van der Waals surface area (Å²) in [5.41, 5.74) is 7.03. The highest BCUT2D eigenvalue weighted by atomic mass is 79.9. The topological polar surface area (TPSA) is 99.9 Å². The number of benzene rings is 1. The quantitative estimate of drug-likeness (QED) is 0.690. The number of rotatable bonds is 3. The molecule has 1 heterocycles. The molecule has 0 saturated heterocycles. The molecule has 0 spiro atoms. The van der Waals surface area contributed by atoms with Crippen LogP contribution in [0.1, 0.15) is 25.5 Å². The van der Waals surface area contributed by atoms with E-state index >= 15 is 0 Å². The molecule has 100 valence electrons. The van der Waals surface area contributed by atoms with Crippen molar-refractivity contribution in [3.63, 3.8) is 0 Å². The van der Waals surface area contributed by atoms with E-state index in [9.17, 15) is 10.1 Å². The van der Waals surface area contributed by atoms with E-state index in [1.165, 1.54) is 10.7 Å². The largest absolute Gasteiger partial charge is 0.381 e. The summed E-state index contributed by atoms with van der Waals surface area (Å²) in [6.07, 6.45) is 0. The molecule has 0 atom stereocenters. The standard InChI is InChI=1S/C11H12BrN5O2/c1-6(2)10-11(13)14-15-16(10)7-3-4-8(12)9(5-7)17(18)19/h3-6H,13H2,1-2H3. The van der Waals surface area contributed by atoms with Crippen LogP contribution in [0.5, 0.6) is 0 Å². The number of halogens is 1. The predicted octanol–water partition coefficient (Wildman–Crippen LogP) is 2.64. The number of nitro benzene ring substituents is 1. The smallest absolute Gasteiger partial charge is 0.285 e. The first kappa shape index (κ1) is 13.5. The Morgan fingerprint density at radius 3 is 2.74 bits per heavy atom. The lowest BCUT2D eigenvalue weighted by atomic mass is 10.1. The van der Waals surface area contributed by atoms with Gasteiger partial charge in [-0.15, -0.1) is 5.10 Å². The van der Waals surface area contributed by atoms with E-state index in [0.717, 1.165) is 5.69 Å². The molecule has 0 radical (unpaired) electrons. The zero-order valence-corrected chi connectivity index (χ0v) is 12.0. The van der Waals surface area contributed by atoms with Gasteiger partial charge in [-0.05, 0) is 34.0 Å². The van der Waals surface area contributed by atoms with Gasteiger partial charge in [-0.3, -0.25) is 10.1 Å². The van der Waals surface area contributed by atoms with Gasteiger partial charge >= 0.3 is 0 Å². The zero-order chi connectivity index (χ0) is 14.2. The molecule has 0 aliphatic heterocycles. The van der Waals surface area contributed by atoms with Crippen LogP contribution in [-0.2, 0) is 0 Å². The molecule has 2 aromatic rings. The van der Waals surface area contributed by atoms with Crippen molar-refractivity contribution in [1.29, 1.82) is 0 Å². The van der Waals surface area contributed by atoms with Crippen LogP contribution in [-0.4, -0.2) is 19.9 Å². The lowest BCUT2D eigenvalue weighted by Gasteiger charge is -2.09. The highest BCUT2D eigenvalue weighted by Crippen LogP contribution is 2.29. The first-order chi connectivity index (χ1) is 8.91. The van der Waals surface area contributed by atoms with Gasteiger partial charge in [0.05, 0.1) is 20.8 Å². The van der Waals surface area contributed by atoms with E-state index in [1.54, 1.807) is 12.1 Å². The van der Waals surface area contributed by atoms with Crippen molar-refractivity contribution in [2.45, 2.75) is 19.8 Å². The van der Waals surface area contributed by atoms with Crippen molar-refractivity contribution in [3.8, 4) is 5.69 Å². The van der Waals surface area contributed by atoms with Crippen molar-refractivity contribution < 1.29 is 4.92 Å². The van der Waals surface area contributed by atoms with Crippen molar-refractivity contribution in [2.75, 3.05) is 5.73 Å². The molecule has 0 unspecified atom stereocenters. The van der Waals surface area contributed by atoms with Gasteiger partial charge in [0.2, 0.25) is 0 Å². The van der Waals surface area contributed by atoms with Crippen LogP contribution in [0.2, 0.25) is 0 Å². The summed E-state index contributed by atoms with van der Waals surface area (Å²) in [5, 5.41) is 18.7. The van der Waals surface area contributed by atoms with Crippen molar-refractivity contribution >= 4 is 27.4 Å². The van der Waals surface area contributed by atoms with E-state index < -0.39 is 4.92 Å². The minimum Gasteiger partial charge on any atom is -0.381 e. The summed E-state index contributed by atoms with van der Waals surface area (Å²) in [6.45, 7) is 3.91. The van der Waals surface area contributed by atoms with Crippen molar-refractivity contribution in [2.24, 2.45) is 0 Å². The van der Waals surface area contributed by atoms with Gasteiger partial charge in [0.15, 0.2) is 5.82 Å². The maximum absolute atomic E-state index is 10.9. The number of nitrogens with zero attached hydrogens (tertiary/aromatic N) is 4. The number of anilines is 1. The monoisotopic (exact) mass is 325 g/mol. The second-order valence-electron chi connectivity index (χ2n) is 4.32. The molecule has 0 fully saturated rings. The first-order valence-corrected chi connectivity index (χ1v) is 6.36. The van der Waals surface area contributed by atoms with Crippen LogP contribution in [0.15, 0.2) is 22.7 Å². The van der Waals surface area contributed by atoms with Gasteiger partial charge in [0, 0.05) is 6.07 Å². The van der Waals surface area contributed by atoms with Crippen LogP contribution < -0.4 is 5.73 Å². The van der Waals surface area contributed by atoms with E-state index in [4.69, 9.17) is 5.73 Å². The summed E-state index contributed by atoms with van der Waals surface area (Å²) in [6, 6.07) is 4.76. The maximum atomic E-state index is 10.9. The molecule has 2 rings (SSSR count). The summed E-state index contributed by atoms with van der Waals surface area (Å²) in [7, 11) is 0. The number of hydrogen-bond acceptors (Lipinski definition) is 5. The average molecular weight is 326 g/mol. The van der Waals surface area contributed by atoms with Crippen LogP contribution >= 0.6 is 15.9 Å². The van der Waals surface area contributed by atoms with Gasteiger partial charge in [0.1, 0.15) is 0 Å². The number of nitro groups is 1. The number of hydrogen-bond donors (Lipinski definition) is 1. The Kier molecular flexibility index (Phi) is 3.52. The molecule has 7 nitrogen and oxygen atoms in total. The normalized spacial score (nSPS) is 10.9. The Morgan fingerprint density at radius 2 is 2.16 bits per heavy atom.